The van der Waals surface area contributed by atoms with Gasteiger partial charge in [0.2, 0.25) is 5.91 Å². The minimum Gasteiger partial charge on any atom is -0.495 e. The van der Waals surface area contributed by atoms with Crippen molar-refractivity contribution in [1.82, 2.24) is 10.2 Å². The van der Waals surface area contributed by atoms with Crippen LogP contribution in [-0.4, -0.2) is 37.0 Å². The Morgan fingerprint density at radius 1 is 1.50 bits per heavy atom. The zero-order valence-electron chi connectivity index (χ0n) is 15.0. The molecular formula is C19H27N3O2. The van der Waals surface area contributed by atoms with Gasteiger partial charge in [0.15, 0.2) is 0 Å². The third-order valence-corrected chi connectivity index (χ3v) is 4.66. The van der Waals surface area contributed by atoms with Crippen molar-refractivity contribution in [2.24, 2.45) is 11.8 Å². The maximum atomic E-state index is 12.1. The molecule has 1 saturated heterocycles. The van der Waals surface area contributed by atoms with Crippen LogP contribution in [0.1, 0.15) is 38.3 Å². The molecule has 1 aliphatic heterocycles. The Morgan fingerprint density at radius 3 is 2.83 bits per heavy atom. The highest BCUT2D eigenvalue weighted by Crippen LogP contribution is 2.21. The molecule has 0 bridgehead atoms. The van der Waals surface area contributed by atoms with Gasteiger partial charge in [0.05, 0.1) is 12.7 Å². The van der Waals surface area contributed by atoms with E-state index in [9.17, 15) is 10.1 Å². The van der Waals surface area contributed by atoms with Gasteiger partial charge >= 0.3 is 0 Å². The van der Waals surface area contributed by atoms with Crippen LogP contribution in [0.15, 0.2) is 18.2 Å². The van der Waals surface area contributed by atoms with Crippen molar-refractivity contribution in [3.63, 3.8) is 0 Å². The van der Waals surface area contributed by atoms with Crippen LogP contribution in [0.5, 0.6) is 5.75 Å². The molecule has 24 heavy (non-hydrogen) atoms. The standard InChI is InChI=1S/C19H27N3O2/c1-13(2)19(23)22-8-7-17(14(3)12-22)21-11-15-5-6-18(24-4)16(9-15)10-20/h5-6,9,13-14,17,21H,7-8,11-12H2,1-4H3/t14-,17+/m0/s1. The minimum absolute atomic E-state index is 0.0606. The van der Waals surface area contributed by atoms with Crippen LogP contribution in [-0.2, 0) is 11.3 Å². The largest absolute Gasteiger partial charge is 0.495 e. The molecular weight excluding hydrogens is 302 g/mol. The van der Waals surface area contributed by atoms with Crippen LogP contribution >= 0.6 is 0 Å². The van der Waals surface area contributed by atoms with Crippen LogP contribution in [0.25, 0.3) is 0 Å². The first-order valence-electron chi connectivity index (χ1n) is 8.55. The first-order chi connectivity index (χ1) is 11.5. The lowest BCUT2D eigenvalue weighted by atomic mass is 9.92. The molecule has 1 amide bonds. The second-order valence-electron chi connectivity index (χ2n) is 6.84. The fourth-order valence-corrected chi connectivity index (χ4v) is 3.22. The molecule has 0 aromatic heterocycles. The Hall–Kier alpha value is -2.06. The Balaban J connectivity index is 1.92. The van der Waals surface area contributed by atoms with Gasteiger partial charge < -0.3 is 15.0 Å². The van der Waals surface area contributed by atoms with Crippen molar-refractivity contribution in [3.8, 4) is 11.8 Å². The molecule has 5 nitrogen and oxygen atoms in total. The van der Waals surface area contributed by atoms with Gasteiger partial charge in [-0.3, -0.25) is 4.79 Å². The smallest absolute Gasteiger partial charge is 0.225 e. The monoisotopic (exact) mass is 329 g/mol. The first-order valence-corrected chi connectivity index (χ1v) is 8.55. The van der Waals surface area contributed by atoms with E-state index < -0.39 is 0 Å². The van der Waals surface area contributed by atoms with Gasteiger partial charge in [-0.05, 0) is 30.0 Å². The third kappa shape index (κ3) is 4.27. The average Bonchev–Trinajstić information content (AvgIpc) is 2.59. The van der Waals surface area contributed by atoms with Gasteiger partial charge in [-0.15, -0.1) is 0 Å². The molecule has 1 aromatic rings. The topological polar surface area (TPSA) is 65.4 Å². The molecule has 0 unspecified atom stereocenters. The second-order valence-corrected chi connectivity index (χ2v) is 6.84. The predicted molar refractivity (Wildman–Crippen MR) is 93.5 cm³/mol. The predicted octanol–water partition coefficient (Wildman–Crippen LogP) is 2.55. The number of benzene rings is 1. The highest BCUT2D eigenvalue weighted by atomic mass is 16.5. The normalized spacial score (nSPS) is 20.8. The van der Waals surface area contributed by atoms with Crippen molar-refractivity contribution in [1.29, 1.82) is 5.26 Å². The molecule has 0 spiro atoms. The lowest BCUT2D eigenvalue weighted by Gasteiger charge is -2.38. The van der Waals surface area contributed by atoms with E-state index in [-0.39, 0.29) is 11.8 Å². The van der Waals surface area contributed by atoms with E-state index >= 15 is 0 Å². The van der Waals surface area contributed by atoms with E-state index in [4.69, 9.17) is 4.74 Å². The van der Waals surface area contributed by atoms with Crippen LogP contribution < -0.4 is 10.1 Å². The number of rotatable bonds is 5. The maximum Gasteiger partial charge on any atom is 0.225 e. The molecule has 5 heteroatoms. The molecule has 0 radical (unpaired) electrons. The quantitative estimate of drug-likeness (QED) is 0.901. The zero-order valence-corrected chi connectivity index (χ0v) is 15.0. The SMILES string of the molecule is COc1ccc(CN[C@@H]2CCN(C(=O)C(C)C)C[C@@H]2C)cc1C#N. The number of carbonyl (C=O) groups is 1. The summed E-state index contributed by atoms with van der Waals surface area (Å²) in [5.74, 6) is 1.32. The molecule has 1 N–H and O–H groups in total. The fourth-order valence-electron chi connectivity index (χ4n) is 3.22. The zero-order chi connectivity index (χ0) is 17.7. The summed E-state index contributed by atoms with van der Waals surface area (Å²) in [5, 5.41) is 12.7. The van der Waals surface area contributed by atoms with E-state index in [0.717, 1.165) is 25.1 Å². The average molecular weight is 329 g/mol. The molecule has 0 saturated carbocycles. The summed E-state index contributed by atoms with van der Waals surface area (Å²) in [6, 6.07) is 8.23. The lowest BCUT2D eigenvalue weighted by molar-refractivity contribution is -0.136. The van der Waals surface area contributed by atoms with Gasteiger partial charge in [0.25, 0.3) is 0 Å². The maximum absolute atomic E-state index is 12.1. The number of nitrogens with one attached hydrogen (secondary N) is 1. The summed E-state index contributed by atoms with van der Waals surface area (Å²) < 4.78 is 5.18. The molecule has 0 aliphatic carbocycles. The highest BCUT2D eigenvalue weighted by Gasteiger charge is 2.29. The van der Waals surface area contributed by atoms with Crippen molar-refractivity contribution in [2.45, 2.75) is 39.8 Å². The Labute approximate surface area is 144 Å². The molecule has 130 valence electrons. The number of amides is 1. The third-order valence-electron chi connectivity index (χ3n) is 4.66. The summed E-state index contributed by atoms with van der Waals surface area (Å²) in [4.78, 5) is 14.1. The van der Waals surface area contributed by atoms with Crippen molar-refractivity contribution in [3.05, 3.63) is 29.3 Å². The van der Waals surface area contributed by atoms with E-state index in [0.29, 0.717) is 29.8 Å². The van der Waals surface area contributed by atoms with Gasteiger partial charge in [0.1, 0.15) is 11.8 Å². The Bertz CT molecular complexity index is 622. The first kappa shape index (κ1) is 18.3. The minimum atomic E-state index is 0.0606. The van der Waals surface area contributed by atoms with Gasteiger partial charge in [-0.1, -0.05) is 26.8 Å². The van der Waals surface area contributed by atoms with Crippen molar-refractivity contribution < 1.29 is 9.53 Å². The van der Waals surface area contributed by atoms with Crippen molar-refractivity contribution >= 4 is 5.91 Å². The molecule has 1 fully saturated rings. The number of nitriles is 1. The molecule has 2 atom stereocenters. The molecule has 1 aromatic carbocycles. The van der Waals surface area contributed by atoms with E-state index in [1.807, 2.05) is 36.9 Å². The summed E-state index contributed by atoms with van der Waals surface area (Å²) in [6.45, 7) is 8.42. The number of hydrogen-bond donors (Lipinski definition) is 1. The van der Waals surface area contributed by atoms with Crippen LogP contribution in [0.3, 0.4) is 0 Å². The van der Waals surface area contributed by atoms with Crippen LogP contribution in [0.4, 0.5) is 0 Å². The highest BCUT2D eigenvalue weighted by molar-refractivity contribution is 5.78. The Kier molecular flexibility index (Phi) is 6.22. The van der Waals surface area contributed by atoms with E-state index in [1.54, 1.807) is 7.11 Å². The molecule has 2 rings (SSSR count). The summed E-state index contributed by atoms with van der Waals surface area (Å²) >= 11 is 0. The summed E-state index contributed by atoms with van der Waals surface area (Å²) in [5.41, 5.74) is 1.63. The summed E-state index contributed by atoms with van der Waals surface area (Å²) in [6.07, 6.45) is 0.959. The number of ether oxygens (including phenoxy) is 1. The Morgan fingerprint density at radius 2 is 2.25 bits per heavy atom. The molecule has 1 aliphatic rings. The van der Waals surface area contributed by atoms with Gasteiger partial charge in [0, 0.05) is 31.6 Å². The van der Waals surface area contributed by atoms with Gasteiger partial charge in [-0.2, -0.15) is 5.26 Å². The number of methoxy groups -OCH3 is 1. The number of hydrogen-bond acceptors (Lipinski definition) is 4. The summed E-state index contributed by atoms with van der Waals surface area (Å²) in [7, 11) is 1.57. The van der Waals surface area contributed by atoms with E-state index in [1.165, 1.54) is 0 Å². The van der Waals surface area contributed by atoms with Crippen LogP contribution in [0.2, 0.25) is 0 Å². The molecule has 1 heterocycles. The van der Waals surface area contributed by atoms with Crippen molar-refractivity contribution in [2.75, 3.05) is 20.2 Å². The number of likely N-dealkylation sites (tertiary alicyclic amines) is 1. The van der Waals surface area contributed by atoms with E-state index in [2.05, 4.69) is 18.3 Å². The fraction of sp³-hybridized carbons (Fsp3) is 0.579. The number of carbonyl (C=O) groups excluding carboxylic acids is 1. The number of piperidine rings is 1. The van der Waals surface area contributed by atoms with Gasteiger partial charge in [-0.25, -0.2) is 0 Å². The number of nitrogens with zero attached hydrogens (tertiary/aromatic N) is 2. The second kappa shape index (κ2) is 8.16. The van der Waals surface area contributed by atoms with Crippen LogP contribution in [0, 0.1) is 23.2 Å². The lowest BCUT2D eigenvalue weighted by Crippen LogP contribution is -2.50.